The molecule has 21 heavy (non-hydrogen) atoms. The zero-order valence-electron chi connectivity index (χ0n) is 13.2. The van der Waals surface area contributed by atoms with Gasteiger partial charge in [0.15, 0.2) is 0 Å². The topological polar surface area (TPSA) is 18.5 Å². The van der Waals surface area contributed by atoms with E-state index in [4.69, 9.17) is 4.74 Å². The summed E-state index contributed by atoms with van der Waals surface area (Å²) >= 11 is 0. The minimum atomic E-state index is -2.80. The highest BCUT2D eigenvalue weighted by molar-refractivity contribution is 5.41. The maximum Gasteiger partial charge on any atom is 0.387 e. The molecule has 4 heteroatoms. The molecule has 0 amide bonds. The summed E-state index contributed by atoms with van der Waals surface area (Å²) in [6.45, 7) is 5.64. The fraction of sp³-hybridized carbons (Fsp3) is 0.647. The van der Waals surface area contributed by atoms with Crippen LogP contribution >= 0.6 is 0 Å². The first kappa shape index (κ1) is 16.2. The molecule has 1 heterocycles. The van der Waals surface area contributed by atoms with Gasteiger partial charge in [-0.05, 0) is 43.5 Å². The fourth-order valence-corrected chi connectivity index (χ4v) is 3.18. The zero-order chi connectivity index (χ0) is 15.6. The second kappa shape index (κ2) is 6.30. The van der Waals surface area contributed by atoms with Gasteiger partial charge in [0.25, 0.3) is 0 Å². The third kappa shape index (κ3) is 3.37. The van der Waals surface area contributed by atoms with Gasteiger partial charge in [0.1, 0.15) is 5.75 Å². The van der Waals surface area contributed by atoms with Crippen molar-refractivity contribution in [1.29, 1.82) is 0 Å². The second-order valence-electron chi connectivity index (χ2n) is 6.07. The molecule has 1 aliphatic heterocycles. The predicted molar refractivity (Wildman–Crippen MR) is 78.9 cm³/mol. The maximum atomic E-state index is 12.3. The molecule has 0 N–H and O–H groups in total. The predicted octanol–water partition coefficient (Wildman–Crippen LogP) is 5.43. The minimum absolute atomic E-state index is 0.112. The minimum Gasteiger partial charge on any atom is -0.435 e. The summed E-state index contributed by atoms with van der Waals surface area (Å²) < 4.78 is 35.4. The molecule has 2 rings (SSSR count). The van der Waals surface area contributed by atoms with Crippen molar-refractivity contribution in [2.45, 2.75) is 71.2 Å². The molecular formula is C17H24F2O2. The van der Waals surface area contributed by atoms with Crippen LogP contribution in [0.4, 0.5) is 8.78 Å². The first-order valence-corrected chi connectivity index (χ1v) is 7.64. The molecule has 1 aliphatic rings. The molecule has 3 atom stereocenters. The maximum absolute atomic E-state index is 12.3. The van der Waals surface area contributed by atoms with Crippen LogP contribution in [0.25, 0.3) is 0 Å². The number of benzene rings is 1. The molecule has 0 aliphatic carbocycles. The van der Waals surface area contributed by atoms with Crippen LogP contribution in [0, 0.1) is 0 Å². The van der Waals surface area contributed by atoms with E-state index in [9.17, 15) is 8.78 Å². The summed E-state index contributed by atoms with van der Waals surface area (Å²) in [6, 6.07) is 5.21. The van der Waals surface area contributed by atoms with Crippen LogP contribution in [0.3, 0.4) is 0 Å². The SMILES string of the molecule is CCCC[C@@]1(C)O[C@H](C)c2cc(OC(F)F)ccc2[C@@H]1C. The average molecular weight is 298 g/mol. The van der Waals surface area contributed by atoms with Crippen molar-refractivity contribution in [1.82, 2.24) is 0 Å². The Labute approximate surface area is 125 Å². The molecule has 0 spiro atoms. The summed E-state index contributed by atoms with van der Waals surface area (Å²) in [5.41, 5.74) is 1.93. The Bertz CT molecular complexity index is 490. The number of alkyl halides is 2. The van der Waals surface area contributed by atoms with Crippen molar-refractivity contribution >= 4 is 0 Å². The highest BCUT2D eigenvalue weighted by Crippen LogP contribution is 2.47. The van der Waals surface area contributed by atoms with Crippen molar-refractivity contribution in [2.24, 2.45) is 0 Å². The number of unbranched alkanes of at least 4 members (excludes halogenated alkanes) is 1. The number of ether oxygens (including phenoxy) is 2. The van der Waals surface area contributed by atoms with Gasteiger partial charge in [-0.15, -0.1) is 0 Å². The van der Waals surface area contributed by atoms with E-state index in [0.29, 0.717) is 0 Å². The van der Waals surface area contributed by atoms with Crippen LogP contribution in [0.1, 0.15) is 70.1 Å². The van der Waals surface area contributed by atoms with Crippen molar-refractivity contribution in [3.05, 3.63) is 29.3 Å². The van der Waals surface area contributed by atoms with Crippen LogP contribution in [-0.2, 0) is 4.74 Å². The third-order valence-corrected chi connectivity index (χ3v) is 4.58. The lowest BCUT2D eigenvalue weighted by Crippen LogP contribution is -2.40. The van der Waals surface area contributed by atoms with Crippen molar-refractivity contribution in [3.8, 4) is 5.75 Å². The first-order valence-electron chi connectivity index (χ1n) is 7.64. The average Bonchev–Trinajstić information content (AvgIpc) is 2.42. The zero-order valence-corrected chi connectivity index (χ0v) is 13.2. The van der Waals surface area contributed by atoms with E-state index in [1.165, 1.54) is 5.56 Å². The molecule has 0 fully saturated rings. The number of fused-ring (bicyclic) bond motifs is 1. The van der Waals surface area contributed by atoms with Gasteiger partial charge < -0.3 is 9.47 Å². The molecule has 0 bridgehead atoms. The lowest BCUT2D eigenvalue weighted by atomic mass is 9.76. The van der Waals surface area contributed by atoms with Gasteiger partial charge in [-0.25, -0.2) is 0 Å². The van der Waals surface area contributed by atoms with Crippen molar-refractivity contribution < 1.29 is 18.3 Å². The summed E-state index contributed by atoms with van der Waals surface area (Å²) in [5, 5.41) is 0. The van der Waals surface area contributed by atoms with Crippen LogP contribution in [-0.4, -0.2) is 12.2 Å². The molecule has 0 saturated heterocycles. The van der Waals surface area contributed by atoms with E-state index in [1.54, 1.807) is 12.1 Å². The summed E-state index contributed by atoms with van der Waals surface area (Å²) in [7, 11) is 0. The highest BCUT2D eigenvalue weighted by atomic mass is 19.3. The normalized spacial score (nSPS) is 28.5. The number of hydrogen-bond donors (Lipinski definition) is 0. The lowest BCUT2D eigenvalue weighted by molar-refractivity contribution is -0.110. The van der Waals surface area contributed by atoms with Crippen molar-refractivity contribution in [2.75, 3.05) is 0 Å². The molecule has 1 aromatic carbocycles. The molecule has 118 valence electrons. The Balaban J connectivity index is 2.30. The van der Waals surface area contributed by atoms with E-state index in [1.807, 2.05) is 13.0 Å². The molecular weight excluding hydrogens is 274 g/mol. The quantitative estimate of drug-likeness (QED) is 0.721. The first-order chi connectivity index (χ1) is 9.87. The van der Waals surface area contributed by atoms with Gasteiger partial charge in [0, 0.05) is 5.92 Å². The standard InChI is InChI=1S/C17H24F2O2/c1-5-6-9-17(4)11(2)14-8-7-13(20-16(18)19)10-15(14)12(3)21-17/h7-8,10-12,16H,5-6,9H2,1-4H3/t11-,12+,17+/m0/s1. The Morgan fingerprint density at radius 2 is 2.00 bits per heavy atom. The molecule has 0 saturated carbocycles. The second-order valence-corrected chi connectivity index (χ2v) is 6.07. The fourth-order valence-electron chi connectivity index (χ4n) is 3.18. The van der Waals surface area contributed by atoms with Crippen LogP contribution in [0.2, 0.25) is 0 Å². The Morgan fingerprint density at radius 1 is 1.29 bits per heavy atom. The highest BCUT2D eigenvalue weighted by Gasteiger charge is 2.40. The number of hydrogen-bond acceptors (Lipinski definition) is 2. The molecule has 1 aromatic rings. The lowest BCUT2D eigenvalue weighted by Gasteiger charge is -2.44. The summed E-state index contributed by atoms with van der Waals surface area (Å²) in [5.74, 6) is 0.430. The molecule has 0 aromatic heterocycles. The van der Waals surface area contributed by atoms with E-state index >= 15 is 0 Å². The van der Waals surface area contributed by atoms with Crippen LogP contribution in [0.15, 0.2) is 18.2 Å². The Hall–Kier alpha value is -1.16. The van der Waals surface area contributed by atoms with E-state index in [-0.39, 0.29) is 23.4 Å². The molecule has 0 radical (unpaired) electrons. The largest absolute Gasteiger partial charge is 0.435 e. The monoisotopic (exact) mass is 298 g/mol. The summed E-state index contributed by atoms with van der Waals surface area (Å²) in [6.07, 6.45) is 3.15. The van der Waals surface area contributed by atoms with Gasteiger partial charge in [-0.1, -0.05) is 32.8 Å². The van der Waals surface area contributed by atoms with Gasteiger partial charge in [0.2, 0.25) is 0 Å². The van der Waals surface area contributed by atoms with Gasteiger partial charge in [-0.2, -0.15) is 8.78 Å². The van der Waals surface area contributed by atoms with Gasteiger partial charge in [-0.3, -0.25) is 0 Å². The Morgan fingerprint density at radius 3 is 2.62 bits per heavy atom. The van der Waals surface area contributed by atoms with E-state index < -0.39 is 6.61 Å². The number of halogens is 2. The van der Waals surface area contributed by atoms with E-state index in [2.05, 4.69) is 25.5 Å². The van der Waals surface area contributed by atoms with Crippen LogP contribution in [0.5, 0.6) is 5.75 Å². The molecule has 0 unspecified atom stereocenters. The smallest absolute Gasteiger partial charge is 0.387 e. The third-order valence-electron chi connectivity index (χ3n) is 4.58. The Kier molecular flexibility index (Phi) is 4.87. The molecule has 2 nitrogen and oxygen atoms in total. The van der Waals surface area contributed by atoms with Crippen LogP contribution < -0.4 is 4.74 Å². The number of rotatable bonds is 5. The van der Waals surface area contributed by atoms with Gasteiger partial charge in [0.05, 0.1) is 11.7 Å². The summed E-state index contributed by atoms with van der Waals surface area (Å²) in [4.78, 5) is 0. The van der Waals surface area contributed by atoms with Gasteiger partial charge >= 0.3 is 6.61 Å². The van der Waals surface area contributed by atoms with E-state index in [0.717, 1.165) is 24.8 Å². The van der Waals surface area contributed by atoms with Crippen molar-refractivity contribution in [3.63, 3.8) is 0 Å².